The van der Waals surface area contributed by atoms with E-state index in [1.54, 1.807) is 7.05 Å². The lowest BCUT2D eigenvalue weighted by Gasteiger charge is -2.18. The summed E-state index contributed by atoms with van der Waals surface area (Å²) in [5.74, 6) is 0. The molecule has 0 fully saturated rings. The first-order chi connectivity index (χ1) is 9.42. The van der Waals surface area contributed by atoms with Crippen LogP contribution in [0.4, 0.5) is 0 Å². The highest BCUT2D eigenvalue weighted by molar-refractivity contribution is 7.87. The second-order valence-electron chi connectivity index (χ2n) is 4.91. The molecule has 1 aromatic rings. The van der Waals surface area contributed by atoms with Gasteiger partial charge in [0.2, 0.25) is 0 Å². The molecule has 0 heterocycles. The van der Waals surface area contributed by atoms with Gasteiger partial charge in [0, 0.05) is 26.7 Å². The Morgan fingerprint density at radius 2 is 1.90 bits per heavy atom. The molecule has 1 N–H and O–H groups in total. The summed E-state index contributed by atoms with van der Waals surface area (Å²) in [6, 6.07) is 9.51. The van der Waals surface area contributed by atoms with E-state index in [9.17, 15) is 8.42 Å². The Balaban J connectivity index is 2.36. The van der Waals surface area contributed by atoms with E-state index in [-0.39, 0.29) is 6.10 Å². The van der Waals surface area contributed by atoms with Crippen LogP contribution in [0.3, 0.4) is 0 Å². The van der Waals surface area contributed by atoms with Crippen LogP contribution < -0.4 is 4.72 Å². The molecule has 1 aromatic carbocycles. The molecule has 0 saturated carbocycles. The van der Waals surface area contributed by atoms with Gasteiger partial charge in [-0.1, -0.05) is 30.3 Å². The first-order valence-electron chi connectivity index (χ1n) is 6.78. The summed E-state index contributed by atoms with van der Waals surface area (Å²) < 4.78 is 33.3. The predicted molar refractivity (Wildman–Crippen MR) is 80.5 cm³/mol. The zero-order valence-electron chi connectivity index (χ0n) is 12.4. The van der Waals surface area contributed by atoms with E-state index in [1.807, 2.05) is 44.2 Å². The molecule has 1 rings (SSSR count). The molecule has 6 heteroatoms. The van der Waals surface area contributed by atoms with E-state index in [2.05, 4.69) is 4.72 Å². The number of nitrogens with zero attached hydrogens (tertiary/aromatic N) is 1. The minimum Gasteiger partial charge on any atom is -0.379 e. The van der Waals surface area contributed by atoms with Crippen molar-refractivity contribution in [3.8, 4) is 0 Å². The monoisotopic (exact) mass is 300 g/mol. The fourth-order valence-corrected chi connectivity index (χ4v) is 2.57. The van der Waals surface area contributed by atoms with Crippen LogP contribution in [0.5, 0.6) is 0 Å². The summed E-state index contributed by atoms with van der Waals surface area (Å²) in [4.78, 5) is 0. The lowest BCUT2D eigenvalue weighted by molar-refractivity contribution is 0.0777. The van der Waals surface area contributed by atoms with Gasteiger partial charge in [-0.15, -0.1) is 0 Å². The summed E-state index contributed by atoms with van der Waals surface area (Å²) in [5.41, 5.74) is 0.962. The third-order valence-corrected chi connectivity index (χ3v) is 4.23. The van der Waals surface area contributed by atoms with Gasteiger partial charge in [0.25, 0.3) is 10.2 Å². The maximum Gasteiger partial charge on any atom is 0.279 e. The molecule has 5 nitrogen and oxygen atoms in total. The van der Waals surface area contributed by atoms with Gasteiger partial charge in [0.05, 0.1) is 6.10 Å². The Morgan fingerprint density at radius 3 is 2.50 bits per heavy atom. The van der Waals surface area contributed by atoms with E-state index in [4.69, 9.17) is 4.74 Å². The van der Waals surface area contributed by atoms with Crippen molar-refractivity contribution >= 4 is 10.2 Å². The molecule has 0 saturated heterocycles. The third kappa shape index (κ3) is 6.47. The van der Waals surface area contributed by atoms with E-state index in [0.717, 1.165) is 5.56 Å². The van der Waals surface area contributed by atoms with Gasteiger partial charge in [-0.05, 0) is 25.8 Å². The third-order valence-electron chi connectivity index (χ3n) is 2.72. The predicted octanol–water partition coefficient (Wildman–Crippen LogP) is 1.77. The van der Waals surface area contributed by atoms with Gasteiger partial charge in [-0.25, -0.2) is 4.72 Å². The molecular formula is C14H24N2O3S. The normalized spacial score (nSPS) is 12.2. The standard InChI is InChI=1S/C14H24N2O3S/c1-13(2)19-11-7-10-15-20(17,18)16(3)12-14-8-5-4-6-9-14/h4-6,8-9,13,15H,7,10-12H2,1-3H3. The summed E-state index contributed by atoms with van der Waals surface area (Å²) in [5, 5.41) is 0. The summed E-state index contributed by atoms with van der Waals surface area (Å²) in [6.07, 6.45) is 0.837. The van der Waals surface area contributed by atoms with Crippen LogP contribution in [0.25, 0.3) is 0 Å². The van der Waals surface area contributed by atoms with Crippen LogP contribution in [0.15, 0.2) is 30.3 Å². The van der Waals surface area contributed by atoms with Gasteiger partial charge in [-0.3, -0.25) is 0 Å². The van der Waals surface area contributed by atoms with Gasteiger partial charge < -0.3 is 4.74 Å². The lowest BCUT2D eigenvalue weighted by atomic mass is 10.2. The fraction of sp³-hybridized carbons (Fsp3) is 0.571. The first-order valence-corrected chi connectivity index (χ1v) is 8.22. The number of rotatable bonds is 9. The Hall–Kier alpha value is -0.950. The zero-order chi connectivity index (χ0) is 15.0. The molecule has 0 spiro atoms. The van der Waals surface area contributed by atoms with Gasteiger partial charge in [0.15, 0.2) is 0 Å². The number of benzene rings is 1. The average Bonchev–Trinajstić information content (AvgIpc) is 2.39. The molecule has 0 aliphatic heterocycles. The van der Waals surface area contributed by atoms with Crippen LogP contribution in [-0.2, 0) is 21.5 Å². The molecule has 0 radical (unpaired) electrons. The van der Waals surface area contributed by atoms with Crippen molar-refractivity contribution in [3.63, 3.8) is 0 Å². The van der Waals surface area contributed by atoms with Crippen LogP contribution in [0.1, 0.15) is 25.8 Å². The Bertz CT molecular complexity index is 474. The highest BCUT2D eigenvalue weighted by Gasteiger charge is 2.16. The van der Waals surface area contributed by atoms with Crippen molar-refractivity contribution in [2.75, 3.05) is 20.2 Å². The van der Waals surface area contributed by atoms with Crippen molar-refractivity contribution < 1.29 is 13.2 Å². The zero-order valence-corrected chi connectivity index (χ0v) is 13.2. The maximum atomic E-state index is 12.0. The second-order valence-corrected chi connectivity index (χ2v) is 6.78. The Kier molecular flexibility index (Phi) is 7.15. The second kappa shape index (κ2) is 8.36. The van der Waals surface area contributed by atoms with Crippen molar-refractivity contribution in [3.05, 3.63) is 35.9 Å². The van der Waals surface area contributed by atoms with E-state index in [1.165, 1.54) is 4.31 Å². The molecule has 0 atom stereocenters. The smallest absolute Gasteiger partial charge is 0.279 e. The summed E-state index contributed by atoms with van der Waals surface area (Å²) in [7, 11) is -1.86. The van der Waals surface area contributed by atoms with E-state index in [0.29, 0.717) is 26.1 Å². The quantitative estimate of drug-likeness (QED) is 0.707. The first kappa shape index (κ1) is 17.1. The Morgan fingerprint density at radius 1 is 1.25 bits per heavy atom. The van der Waals surface area contributed by atoms with E-state index >= 15 is 0 Å². The SMILES string of the molecule is CC(C)OCCCNS(=O)(=O)N(C)Cc1ccccc1. The molecule has 0 bridgehead atoms. The highest BCUT2D eigenvalue weighted by Crippen LogP contribution is 2.05. The fourth-order valence-electron chi connectivity index (χ4n) is 1.63. The molecule has 114 valence electrons. The molecule has 0 amide bonds. The van der Waals surface area contributed by atoms with Crippen molar-refractivity contribution in [1.29, 1.82) is 0 Å². The number of ether oxygens (including phenoxy) is 1. The maximum absolute atomic E-state index is 12.0. The van der Waals surface area contributed by atoms with Crippen LogP contribution in [0, 0.1) is 0 Å². The van der Waals surface area contributed by atoms with Crippen molar-refractivity contribution in [2.45, 2.75) is 32.9 Å². The summed E-state index contributed by atoms with van der Waals surface area (Å²) >= 11 is 0. The lowest BCUT2D eigenvalue weighted by Crippen LogP contribution is -2.38. The van der Waals surface area contributed by atoms with Gasteiger partial charge in [-0.2, -0.15) is 12.7 Å². The van der Waals surface area contributed by atoms with Crippen molar-refractivity contribution in [1.82, 2.24) is 9.03 Å². The van der Waals surface area contributed by atoms with E-state index < -0.39 is 10.2 Å². The molecule has 0 aromatic heterocycles. The molecule has 0 unspecified atom stereocenters. The van der Waals surface area contributed by atoms with Crippen LogP contribution >= 0.6 is 0 Å². The topological polar surface area (TPSA) is 58.6 Å². The summed E-state index contributed by atoms with van der Waals surface area (Å²) in [6.45, 7) is 5.21. The van der Waals surface area contributed by atoms with Gasteiger partial charge >= 0.3 is 0 Å². The molecule has 20 heavy (non-hydrogen) atoms. The van der Waals surface area contributed by atoms with Gasteiger partial charge in [0.1, 0.15) is 0 Å². The minimum atomic E-state index is -3.43. The molecule has 0 aliphatic rings. The average molecular weight is 300 g/mol. The molecular weight excluding hydrogens is 276 g/mol. The minimum absolute atomic E-state index is 0.173. The number of hydrogen-bond donors (Lipinski definition) is 1. The van der Waals surface area contributed by atoms with Crippen molar-refractivity contribution in [2.24, 2.45) is 0 Å². The Labute approximate surface area is 122 Å². The van der Waals surface area contributed by atoms with Crippen LogP contribution in [0.2, 0.25) is 0 Å². The van der Waals surface area contributed by atoms with Crippen LogP contribution in [-0.4, -0.2) is 39.0 Å². The molecule has 0 aliphatic carbocycles. The largest absolute Gasteiger partial charge is 0.379 e. The number of hydrogen-bond acceptors (Lipinski definition) is 3. The number of nitrogens with one attached hydrogen (secondary N) is 1. The highest BCUT2D eigenvalue weighted by atomic mass is 32.2.